The number of hydrogen-bond acceptors (Lipinski definition) is 4. The molecule has 1 atom stereocenters. The molecule has 2 aliphatic heterocycles. The summed E-state index contributed by atoms with van der Waals surface area (Å²) in [4.78, 5) is 5.03. The molecule has 2 saturated heterocycles. The average Bonchev–Trinajstić information content (AvgIpc) is 2.98. The highest BCUT2D eigenvalue weighted by molar-refractivity contribution is 6.37. The summed E-state index contributed by atoms with van der Waals surface area (Å²) in [5.41, 5.74) is 0.924. The van der Waals surface area contributed by atoms with Crippen molar-refractivity contribution in [2.24, 2.45) is 0 Å². The van der Waals surface area contributed by atoms with E-state index in [4.69, 9.17) is 32.7 Å². The number of ether oxygens (including phenoxy) is 2. The van der Waals surface area contributed by atoms with Crippen molar-refractivity contribution in [3.63, 3.8) is 0 Å². The Morgan fingerprint density at radius 3 is 2.73 bits per heavy atom. The van der Waals surface area contributed by atoms with Crippen molar-refractivity contribution in [2.45, 2.75) is 25.4 Å². The molecule has 2 heterocycles. The van der Waals surface area contributed by atoms with Gasteiger partial charge in [-0.2, -0.15) is 0 Å². The van der Waals surface area contributed by atoms with E-state index >= 15 is 0 Å². The van der Waals surface area contributed by atoms with Crippen LogP contribution in [-0.4, -0.2) is 56.2 Å². The first kappa shape index (κ1) is 16.2. The Bertz CT molecular complexity index is 553. The van der Waals surface area contributed by atoms with Crippen LogP contribution in [-0.2, 0) is 6.54 Å². The number of hydrogen-bond donors (Lipinski definition) is 0. The fourth-order valence-corrected chi connectivity index (χ4v) is 4.16. The Balaban J connectivity index is 1.80. The Morgan fingerprint density at radius 2 is 2.00 bits per heavy atom. The number of fused-ring (bicyclic) bond motifs is 1. The van der Waals surface area contributed by atoms with E-state index in [0.717, 1.165) is 31.7 Å². The molecule has 0 saturated carbocycles. The van der Waals surface area contributed by atoms with Crippen LogP contribution in [0.15, 0.2) is 6.07 Å². The van der Waals surface area contributed by atoms with Gasteiger partial charge < -0.3 is 9.47 Å². The smallest absolute Gasteiger partial charge is 0.179 e. The van der Waals surface area contributed by atoms with Gasteiger partial charge in [-0.05, 0) is 19.4 Å². The van der Waals surface area contributed by atoms with Crippen LogP contribution >= 0.6 is 23.2 Å². The van der Waals surface area contributed by atoms with E-state index in [2.05, 4.69) is 9.80 Å². The Kier molecular flexibility index (Phi) is 5.03. The van der Waals surface area contributed by atoms with Crippen molar-refractivity contribution in [3.8, 4) is 11.5 Å². The number of methoxy groups -OCH3 is 2. The molecule has 0 aliphatic carbocycles. The lowest BCUT2D eigenvalue weighted by atomic mass is 10.1. The molecule has 0 spiro atoms. The Labute approximate surface area is 141 Å². The van der Waals surface area contributed by atoms with Gasteiger partial charge in [-0.1, -0.05) is 23.2 Å². The number of benzene rings is 1. The highest BCUT2D eigenvalue weighted by Gasteiger charge is 2.31. The molecule has 0 radical (unpaired) electrons. The van der Waals surface area contributed by atoms with Gasteiger partial charge in [-0.3, -0.25) is 9.80 Å². The van der Waals surface area contributed by atoms with Crippen molar-refractivity contribution < 1.29 is 9.47 Å². The van der Waals surface area contributed by atoms with E-state index < -0.39 is 0 Å². The molecular formula is C16H22Cl2N2O2. The summed E-state index contributed by atoms with van der Waals surface area (Å²) in [5.74, 6) is 1.13. The molecule has 2 aliphatic rings. The van der Waals surface area contributed by atoms with E-state index in [9.17, 15) is 0 Å². The maximum atomic E-state index is 6.50. The third-order valence-corrected chi connectivity index (χ3v) is 5.45. The third kappa shape index (κ3) is 3.02. The molecular weight excluding hydrogens is 323 g/mol. The molecule has 2 fully saturated rings. The lowest BCUT2D eigenvalue weighted by molar-refractivity contribution is 0.0993. The first-order chi connectivity index (χ1) is 10.6. The third-order valence-electron chi connectivity index (χ3n) is 4.71. The molecule has 0 unspecified atom stereocenters. The van der Waals surface area contributed by atoms with Crippen molar-refractivity contribution in [1.82, 2.24) is 9.80 Å². The molecule has 4 nitrogen and oxygen atoms in total. The summed E-state index contributed by atoms with van der Waals surface area (Å²) in [6, 6.07) is 2.47. The maximum Gasteiger partial charge on any atom is 0.179 e. The zero-order valence-electron chi connectivity index (χ0n) is 13.1. The standard InChI is InChI=1S/C16H22Cl2N2O2/c1-21-14-8-13(17)12(15(18)16(14)22-2)10-19-6-7-20-5-3-4-11(20)9-19/h8,11H,3-7,9-10H2,1-2H3/t11-/m0/s1. The molecule has 3 rings (SSSR count). The fraction of sp³-hybridized carbons (Fsp3) is 0.625. The van der Waals surface area contributed by atoms with Gasteiger partial charge in [0.2, 0.25) is 0 Å². The molecule has 0 N–H and O–H groups in total. The second kappa shape index (κ2) is 6.83. The summed E-state index contributed by atoms with van der Waals surface area (Å²) in [6.45, 7) is 5.27. The fourth-order valence-electron chi connectivity index (χ4n) is 3.53. The van der Waals surface area contributed by atoms with Gasteiger partial charge >= 0.3 is 0 Å². The first-order valence-corrected chi connectivity index (χ1v) is 8.45. The highest BCUT2D eigenvalue weighted by atomic mass is 35.5. The van der Waals surface area contributed by atoms with Gasteiger partial charge in [0.05, 0.1) is 24.3 Å². The van der Waals surface area contributed by atoms with Gasteiger partial charge in [0.25, 0.3) is 0 Å². The normalized spacial score (nSPS) is 22.6. The summed E-state index contributed by atoms with van der Waals surface area (Å²) in [5, 5.41) is 1.19. The summed E-state index contributed by atoms with van der Waals surface area (Å²) >= 11 is 12.9. The first-order valence-electron chi connectivity index (χ1n) is 7.69. The topological polar surface area (TPSA) is 24.9 Å². The predicted molar refractivity (Wildman–Crippen MR) is 89.4 cm³/mol. The van der Waals surface area contributed by atoms with E-state index in [0.29, 0.717) is 27.6 Å². The molecule has 122 valence electrons. The lowest BCUT2D eigenvalue weighted by Crippen LogP contribution is -2.49. The van der Waals surface area contributed by atoms with Crippen LogP contribution < -0.4 is 9.47 Å². The SMILES string of the molecule is COc1cc(Cl)c(CN2CCN3CCC[C@H]3C2)c(Cl)c1OC. The zero-order valence-corrected chi connectivity index (χ0v) is 14.6. The summed E-state index contributed by atoms with van der Waals surface area (Å²) in [6.07, 6.45) is 2.61. The van der Waals surface area contributed by atoms with E-state index in [1.807, 2.05) is 0 Å². The molecule has 0 bridgehead atoms. The van der Waals surface area contributed by atoms with Gasteiger partial charge in [-0.25, -0.2) is 0 Å². The van der Waals surface area contributed by atoms with Crippen molar-refractivity contribution in [2.75, 3.05) is 40.4 Å². The quantitative estimate of drug-likeness (QED) is 0.836. The zero-order chi connectivity index (χ0) is 15.7. The predicted octanol–water partition coefficient (Wildman–Crippen LogP) is 3.29. The van der Waals surface area contributed by atoms with Crippen LogP contribution in [0.3, 0.4) is 0 Å². The second-order valence-electron chi connectivity index (χ2n) is 5.95. The van der Waals surface area contributed by atoms with E-state index in [1.54, 1.807) is 20.3 Å². The molecule has 0 amide bonds. The van der Waals surface area contributed by atoms with E-state index in [-0.39, 0.29) is 0 Å². The van der Waals surface area contributed by atoms with Gasteiger partial charge in [0, 0.05) is 43.9 Å². The van der Waals surface area contributed by atoms with Crippen molar-refractivity contribution in [1.29, 1.82) is 0 Å². The van der Waals surface area contributed by atoms with Crippen molar-refractivity contribution >= 4 is 23.2 Å². The minimum Gasteiger partial charge on any atom is -0.493 e. The van der Waals surface area contributed by atoms with Gasteiger partial charge in [-0.15, -0.1) is 0 Å². The number of piperazine rings is 1. The second-order valence-corrected chi connectivity index (χ2v) is 6.74. The number of halogens is 2. The lowest BCUT2D eigenvalue weighted by Gasteiger charge is -2.37. The monoisotopic (exact) mass is 344 g/mol. The van der Waals surface area contributed by atoms with Crippen LogP contribution in [0.25, 0.3) is 0 Å². The molecule has 0 aromatic heterocycles. The largest absolute Gasteiger partial charge is 0.493 e. The van der Waals surface area contributed by atoms with Gasteiger partial charge in [0.15, 0.2) is 11.5 Å². The molecule has 22 heavy (non-hydrogen) atoms. The van der Waals surface area contributed by atoms with Crippen LogP contribution in [0.1, 0.15) is 18.4 Å². The van der Waals surface area contributed by atoms with Crippen molar-refractivity contribution in [3.05, 3.63) is 21.7 Å². The van der Waals surface area contributed by atoms with Crippen LogP contribution in [0.2, 0.25) is 10.0 Å². The molecule has 6 heteroatoms. The number of rotatable bonds is 4. The Morgan fingerprint density at radius 1 is 1.18 bits per heavy atom. The maximum absolute atomic E-state index is 6.50. The van der Waals surface area contributed by atoms with E-state index in [1.165, 1.54) is 19.4 Å². The number of nitrogens with zero attached hydrogens (tertiary/aromatic N) is 2. The molecule has 1 aromatic rings. The molecule has 1 aromatic carbocycles. The minimum absolute atomic E-state index is 0.556. The van der Waals surface area contributed by atoms with Crippen LogP contribution in [0.4, 0.5) is 0 Å². The van der Waals surface area contributed by atoms with Gasteiger partial charge in [0.1, 0.15) is 0 Å². The highest BCUT2D eigenvalue weighted by Crippen LogP contribution is 2.42. The van der Waals surface area contributed by atoms with Crippen LogP contribution in [0, 0.1) is 0 Å². The summed E-state index contributed by atoms with van der Waals surface area (Å²) < 4.78 is 10.7. The minimum atomic E-state index is 0.556. The Hall–Kier alpha value is -0.680. The average molecular weight is 345 g/mol. The summed E-state index contributed by atoms with van der Waals surface area (Å²) in [7, 11) is 3.18. The van der Waals surface area contributed by atoms with Crippen LogP contribution in [0.5, 0.6) is 11.5 Å².